The Balaban J connectivity index is 0.965. The number of rotatable bonds is 9. The van der Waals surface area contributed by atoms with Crippen molar-refractivity contribution in [2.24, 2.45) is 46.3 Å². The summed E-state index contributed by atoms with van der Waals surface area (Å²) in [6, 6.07) is 6.34. The maximum absolute atomic E-state index is 13.7. The number of fused-ring (bicyclic) bond motifs is 1. The Kier molecular flexibility index (Phi) is 4.20. The highest BCUT2D eigenvalue weighted by Crippen LogP contribution is 3.10. The number of hydrogen-bond donors (Lipinski definition) is 3. The maximum Gasteiger partial charge on any atom is 0.387 e. The van der Waals surface area contributed by atoms with Crippen LogP contribution in [0.1, 0.15) is 26.5 Å². The molecule has 13 heteroatoms. The van der Waals surface area contributed by atoms with Gasteiger partial charge in [0.05, 0.1) is 11.6 Å². The van der Waals surface area contributed by atoms with E-state index in [1.54, 1.807) is 6.07 Å². The number of halogens is 3. The van der Waals surface area contributed by atoms with Crippen LogP contribution in [0.4, 0.5) is 13.2 Å². The quantitative estimate of drug-likeness (QED) is 0.367. The zero-order chi connectivity index (χ0) is 27.0. The minimum atomic E-state index is -3.19. The summed E-state index contributed by atoms with van der Waals surface area (Å²) in [6.45, 7) is -2.71. The second-order valence-electron chi connectivity index (χ2n) is 11.2. The van der Waals surface area contributed by atoms with Gasteiger partial charge in [0.25, 0.3) is 5.91 Å². The van der Waals surface area contributed by atoms with Crippen LogP contribution in [-0.4, -0.2) is 50.6 Å². The van der Waals surface area contributed by atoms with Crippen LogP contribution in [-0.2, 0) is 11.3 Å². The smallest absolute Gasteiger partial charge is 0.387 e. The van der Waals surface area contributed by atoms with Crippen LogP contribution >= 0.6 is 0 Å². The predicted molar refractivity (Wildman–Crippen MR) is 122 cm³/mol. The molecule has 10 nitrogen and oxygen atoms in total. The van der Waals surface area contributed by atoms with Gasteiger partial charge in [0.15, 0.2) is 22.9 Å². The van der Waals surface area contributed by atoms with Crippen molar-refractivity contribution in [1.29, 1.82) is 0 Å². The monoisotopic (exact) mass is 540 g/mol. The van der Waals surface area contributed by atoms with Gasteiger partial charge in [-0.3, -0.25) is 14.9 Å². The van der Waals surface area contributed by atoms with Gasteiger partial charge in [-0.1, -0.05) is 6.07 Å². The standard InChI is InChI=1S/C26H20F3N5O5/c27-10-2-1-9(5-13(10)39-24(28)29)7-30-21(35)11-6-12(34-14(33-11)3-4-32-34)22(36)31-8-25-15-18-16(25)20-17(25)19(15)26(18,20)23(37)38/h1-6,15-20,24H,7-8H2,(H,30,35)(H,31,36)(H,37,38)/p+1. The fraction of sp³-hybridized carbons (Fsp3) is 0.423. The number of nitrogens with two attached hydrogens (primary N) is 1. The summed E-state index contributed by atoms with van der Waals surface area (Å²) < 4.78 is 44.2. The summed E-state index contributed by atoms with van der Waals surface area (Å²) in [7, 11) is 0. The Labute approximate surface area is 217 Å². The molecule has 0 bridgehead atoms. The maximum atomic E-state index is 13.7. The zero-order valence-electron chi connectivity index (χ0n) is 20.1. The van der Waals surface area contributed by atoms with E-state index in [1.807, 2.05) is 0 Å². The van der Waals surface area contributed by atoms with Gasteiger partial charge in [-0.15, -0.1) is 0 Å². The highest BCUT2D eigenvalue weighted by atomic mass is 19.3. The summed E-state index contributed by atoms with van der Waals surface area (Å²) in [5.41, 5.74) is 0.372. The summed E-state index contributed by atoms with van der Waals surface area (Å²) in [6.07, 6.45) is 1.46. The predicted octanol–water partition coefficient (Wildman–Crippen LogP) is 0.926. The van der Waals surface area contributed by atoms with Gasteiger partial charge in [0.2, 0.25) is 0 Å². The van der Waals surface area contributed by atoms with E-state index in [-0.39, 0.29) is 41.1 Å². The van der Waals surface area contributed by atoms with Crippen LogP contribution in [0.15, 0.2) is 36.5 Å². The van der Waals surface area contributed by atoms with Gasteiger partial charge in [0, 0.05) is 24.2 Å². The summed E-state index contributed by atoms with van der Waals surface area (Å²) in [4.78, 5) is 42.2. The van der Waals surface area contributed by atoms with Crippen molar-refractivity contribution in [2.75, 3.05) is 6.54 Å². The third-order valence-electron chi connectivity index (χ3n) is 10.3. The van der Waals surface area contributed by atoms with Crippen LogP contribution in [0.2, 0.25) is 0 Å². The van der Waals surface area contributed by atoms with E-state index in [9.17, 15) is 32.7 Å². The summed E-state index contributed by atoms with van der Waals surface area (Å²) in [5.74, 6) is -1.16. The molecule has 2 heterocycles. The number of amides is 2. The molecule has 4 N–H and O–H groups in total. The lowest BCUT2D eigenvalue weighted by atomic mass is 8.92. The molecule has 39 heavy (non-hydrogen) atoms. The molecule has 6 aliphatic rings. The van der Waals surface area contributed by atoms with Crippen molar-refractivity contribution in [3.05, 3.63) is 59.3 Å². The fourth-order valence-electron chi connectivity index (χ4n) is 9.23. The third-order valence-corrected chi connectivity index (χ3v) is 10.3. The first-order valence-corrected chi connectivity index (χ1v) is 12.7. The number of carboxylic acids is 1. The number of carboxylic acid groups (broad SMARTS) is 1. The molecule has 0 radical (unpaired) electrons. The molecule has 0 saturated heterocycles. The molecule has 2 aromatic heterocycles. The first kappa shape index (κ1) is 22.9. The average Bonchev–Trinajstić information content (AvgIpc) is 3.40. The first-order chi connectivity index (χ1) is 18.7. The number of carbonyl (C=O) groups excluding carboxylic acids is 2. The molecule has 2 amide bonds. The number of nitrogens with one attached hydrogen (secondary N) is 1. The van der Waals surface area contributed by atoms with Crippen LogP contribution in [0.5, 0.6) is 5.75 Å². The van der Waals surface area contributed by atoms with Crippen molar-refractivity contribution in [3.8, 4) is 5.75 Å². The Hall–Kier alpha value is -4.00. The van der Waals surface area contributed by atoms with Gasteiger partial charge in [0.1, 0.15) is 12.2 Å². The summed E-state index contributed by atoms with van der Waals surface area (Å²) in [5, 5.41) is 18.1. The average molecular weight is 540 g/mol. The van der Waals surface area contributed by atoms with Gasteiger partial charge >= 0.3 is 18.5 Å². The lowest BCUT2D eigenvalue weighted by Crippen LogP contribution is -3.11. The Bertz CT molecular complexity index is 1590. The molecule has 0 atom stereocenters. The number of quaternary nitrogens is 1. The van der Waals surface area contributed by atoms with E-state index >= 15 is 0 Å². The van der Waals surface area contributed by atoms with E-state index in [0.29, 0.717) is 35.5 Å². The van der Waals surface area contributed by atoms with Crippen molar-refractivity contribution in [2.45, 2.75) is 13.2 Å². The van der Waals surface area contributed by atoms with Crippen LogP contribution < -0.4 is 15.4 Å². The summed E-state index contributed by atoms with van der Waals surface area (Å²) >= 11 is 0. The lowest BCUT2D eigenvalue weighted by molar-refractivity contribution is -0.640. The minimum absolute atomic E-state index is 0.000379. The second kappa shape index (κ2) is 7.14. The Morgan fingerprint density at radius 2 is 1.82 bits per heavy atom. The van der Waals surface area contributed by atoms with E-state index in [1.165, 1.54) is 28.2 Å². The molecule has 6 aliphatic carbocycles. The molecule has 9 rings (SSSR count). The van der Waals surface area contributed by atoms with Crippen LogP contribution in [0.3, 0.4) is 0 Å². The molecule has 200 valence electrons. The highest BCUT2D eigenvalue weighted by Gasteiger charge is 3.11. The number of carbonyl (C=O) groups is 3. The minimum Gasteiger partial charge on any atom is -0.481 e. The molecule has 0 aliphatic heterocycles. The fourth-order valence-corrected chi connectivity index (χ4v) is 9.23. The largest absolute Gasteiger partial charge is 0.481 e. The topological polar surface area (TPSA) is 140 Å². The van der Waals surface area contributed by atoms with Gasteiger partial charge in [-0.2, -0.15) is 13.9 Å². The van der Waals surface area contributed by atoms with Crippen molar-refractivity contribution in [3.63, 3.8) is 0 Å². The molecular weight excluding hydrogens is 519 g/mol. The molecule has 3 aromatic rings. The van der Waals surface area contributed by atoms with Crippen LogP contribution in [0, 0.1) is 52.2 Å². The molecule has 0 spiro atoms. The number of alkyl halides is 2. The molecule has 6 saturated carbocycles. The first-order valence-electron chi connectivity index (χ1n) is 12.7. The SMILES string of the molecule is O=C([NH2+]Cc1ccc(F)c(OC(F)F)c1)c1cc(C(=O)NCC23C4C5C2C2C3C4C52C(=O)O)n2nccc2n1. The number of aliphatic carboxylic acids is 1. The van der Waals surface area contributed by atoms with E-state index in [0.717, 1.165) is 12.1 Å². The lowest BCUT2D eigenvalue weighted by Gasteiger charge is -3.10. The van der Waals surface area contributed by atoms with E-state index in [2.05, 4.69) is 20.1 Å². The Morgan fingerprint density at radius 3 is 2.49 bits per heavy atom. The number of primary amides is 1. The number of benzene rings is 1. The van der Waals surface area contributed by atoms with E-state index in [4.69, 9.17) is 0 Å². The Morgan fingerprint density at radius 1 is 1.10 bits per heavy atom. The number of aromatic nitrogens is 3. The van der Waals surface area contributed by atoms with Crippen molar-refractivity contribution in [1.82, 2.24) is 19.9 Å². The van der Waals surface area contributed by atoms with E-state index < -0.39 is 41.4 Å². The number of hydrogen-bond acceptors (Lipinski definition) is 6. The third kappa shape index (κ3) is 2.42. The second-order valence-corrected chi connectivity index (χ2v) is 11.2. The van der Waals surface area contributed by atoms with Gasteiger partial charge in [-0.05, 0) is 53.1 Å². The number of nitrogens with zero attached hydrogens (tertiary/aromatic N) is 3. The molecule has 6 fully saturated rings. The zero-order valence-corrected chi connectivity index (χ0v) is 20.1. The van der Waals surface area contributed by atoms with Crippen molar-refractivity contribution < 1.29 is 42.7 Å². The van der Waals surface area contributed by atoms with Gasteiger partial charge < -0.3 is 15.2 Å². The van der Waals surface area contributed by atoms with Crippen LogP contribution in [0.25, 0.3) is 5.65 Å². The molecular formula is C26H21F3N5O5+. The highest BCUT2D eigenvalue weighted by molar-refractivity contribution is 5.96. The van der Waals surface area contributed by atoms with Gasteiger partial charge in [-0.25, -0.2) is 18.7 Å². The molecule has 1 aromatic carbocycles. The van der Waals surface area contributed by atoms with Crippen molar-refractivity contribution >= 4 is 23.4 Å². The molecule has 0 unspecified atom stereocenters. The normalized spacial score (nSPS) is 35.2. The number of ether oxygens (including phenoxy) is 1.